The van der Waals surface area contributed by atoms with Crippen molar-refractivity contribution >= 4 is 22.9 Å². The minimum atomic E-state index is -2.43. The van der Waals surface area contributed by atoms with E-state index in [2.05, 4.69) is 4.98 Å². The molecule has 0 radical (unpaired) electrons. The van der Waals surface area contributed by atoms with Crippen molar-refractivity contribution in [3.05, 3.63) is 40.9 Å². The molecule has 0 spiro atoms. The number of nitrogens with zero attached hydrogens (tertiary/aromatic N) is 1. The van der Waals surface area contributed by atoms with Gasteiger partial charge in [0.15, 0.2) is 0 Å². The number of alkyl halides is 3. The molecule has 0 amide bonds. The molecular formula is C13H12ClF2NOS. The van der Waals surface area contributed by atoms with Crippen LogP contribution in [0.5, 0.6) is 0 Å². The van der Waals surface area contributed by atoms with Crippen molar-refractivity contribution in [3.8, 4) is 10.6 Å². The van der Waals surface area contributed by atoms with Crippen LogP contribution in [0.25, 0.3) is 10.6 Å². The average Bonchev–Trinajstić information content (AvgIpc) is 2.88. The maximum atomic E-state index is 11.9. The first-order valence-electron chi connectivity index (χ1n) is 5.64. The minimum absolute atomic E-state index is 0.190. The van der Waals surface area contributed by atoms with Gasteiger partial charge in [0.1, 0.15) is 11.6 Å². The highest BCUT2D eigenvalue weighted by Crippen LogP contribution is 2.24. The highest BCUT2D eigenvalue weighted by atomic mass is 35.5. The molecule has 0 N–H and O–H groups in total. The van der Waals surface area contributed by atoms with Crippen molar-refractivity contribution in [3.63, 3.8) is 0 Å². The maximum Gasteiger partial charge on any atom is 0.261 e. The van der Waals surface area contributed by atoms with E-state index < -0.39 is 13.0 Å². The lowest BCUT2D eigenvalue weighted by Crippen LogP contribution is -2.03. The lowest BCUT2D eigenvalue weighted by atomic mass is 10.1. The lowest BCUT2D eigenvalue weighted by Gasteiger charge is -2.04. The predicted molar refractivity (Wildman–Crippen MR) is 72.8 cm³/mol. The van der Waals surface area contributed by atoms with Gasteiger partial charge in [-0.2, -0.15) is 0 Å². The first kappa shape index (κ1) is 14.4. The fraction of sp³-hybridized carbons (Fsp3) is 0.308. The number of halogens is 3. The van der Waals surface area contributed by atoms with Gasteiger partial charge in [-0.1, -0.05) is 24.3 Å². The summed E-state index contributed by atoms with van der Waals surface area (Å²) in [6.45, 7) is -0.345. The summed E-state index contributed by atoms with van der Waals surface area (Å²) >= 11 is 7.23. The highest BCUT2D eigenvalue weighted by Gasteiger charge is 2.05. The Morgan fingerprint density at radius 3 is 2.58 bits per heavy atom. The topological polar surface area (TPSA) is 22.1 Å². The van der Waals surface area contributed by atoms with Gasteiger partial charge in [-0.3, -0.25) is 0 Å². The molecule has 0 saturated carbocycles. The van der Waals surface area contributed by atoms with E-state index in [-0.39, 0.29) is 6.61 Å². The zero-order chi connectivity index (χ0) is 13.7. The molecule has 0 saturated heterocycles. The normalized spacial score (nSPS) is 11.2. The number of ether oxygens (including phenoxy) is 1. The highest BCUT2D eigenvalue weighted by molar-refractivity contribution is 7.13. The van der Waals surface area contributed by atoms with Crippen LogP contribution >= 0.6 is 22.9 Å². The molecule has 0 bridgehead atoms. The third kappa shape index (κ3) is 4.23. The Morgan fingerprint density at radius 2 is 2.00 bits per heavy atom. The molecular weight excluding hydrogens is 292 g/mol. The van der Waals surface area contributed by atoms with Gasteiger partial charge in [-0.05, 0) is 5.56 Å². The van der Waals surface area contributed by atoms with Crippen molar-refractivity contribution in [1.29, 1.82) is 0 Å². The number of rotatable bonds is 6. The molecule has 2 aromatic rings. The second kappa shape index (κ2) is 6.93. The van der Waals surface area contributed by atoms with Gasteiger partial charge >= 0.3 is 0 Å². The smallest absolute Gasteiger partial charge is 0.261 e. The Bertz CT molecular complexity index is 516. The first-order chi connectivity index (χ1) is 9.19. The molecule has 0 unspecified atom stereocenters. The summed E-state index contributed by atoms with van der Waals surface area (Å²) in [5.74, 6) is 0.399. The third-order valence-electron chi connectivity index (χ3n) is 2.40. The van der Waals surface area contributed by atoms with Crippen LogP contribution in [0.3, 0.4) is 0 Å². The number of benzene rings is 1. The van der Waals surface area contributed by atoms with Gasteiger partial charge in [-0.15, -0.1) is 22.9 Å². The van der Waals surface area contributed by atoms with E-state index in [1.165, 1.54) is 11.3 Å². The zero-order valence-corrected chi connectivity index (χ0v) is 11.6. The van der Waals surface area contributed by atoms with E-state index in [0.29, 0.717) is 5.88 Å². The Morgan fingerprint density at radius 1 is 1.26 bits per heavy atom. The van der Waals surface area contributed by atoms with Crippen LogP contribution in [0.1, 0.15) is 11.3 Å². The molecule has 2 nitrogen and oxygen atoms in total. The minimum Gasteiger partial charge on any atom is -0.371 e. The van der Waals surface area contributed by atoms with Crippen molar-refractivity contribution in [2.24, 2.45) is 0 Å². The molecule has 0 aliphatic heterocycles. The molecule has 0 aliphatic rings. The summed E-state index contributed by atoms with van der Waals surface area (Å²) in [4.78, 5) is 4.37. The van der Waals surface area contributed by atoms with Crippen LogP contribution in [0, 0.1) is 0 Å². The zero-order valence-electron chi connectivity index (χ0n) is 9.98. The predicted octanol–water partition coefficient (Wildman–Crippen LogP) is 4.33. The van der Waals surface area contributed by atoms with Crippen LogP contribution in [0.4, 0.5) is 8.78 Å². The fourth-order valence-corrected chi connectivity index (χ4v) is 2.56. The van der Waals surface area contributed by atoms with Gasteiger partial charge in [-0.25, -0.2) is 13.8 Å². The quantitative estimate of drug-likeness (QED) is 0.741. The van der Waals surface area contributed by atoms with E-state index in [1.807, 2.05) is 29.6 Å². The molecule has 2 rings (SSSR count). The fourth-order valence-electron chi connectivity index (χ4n) is 1.51. The van der Waals surface area contributed by atoms with Crippen molar-refractivity contribution < 1.29 is 13.5 Å². The molecule has 0 aliphatic carbocycles. The Hall–Kier alpha value is -1.04. The van der Waals surface area contributed by atoms with Crippen molar-refractivity contribution in [2.75, 3.05) is 6.61 Å². The second-order valence-corrected chi connectivity index (χ2v) is 5.01. The summed E-state index contributed by atoms with van der Waals surface area (Å²) in [6.07, 6.45) is -2.43. The second-order valence-electron chi connectivity index (χ2n) is 3.88. The maximum absolute atomic E-state index is 11.9. The summed E-state index contributed by atoms with van der Waals surface area (Å²) in [7, 11) is 0. The Labute approximate surface area is 119 Å². The Kier molecular flexibility index (Phi) is 5.24. The third-order valence-corrected chi connectivity index (χ3v) is 3.62. The van der Waals surface area contributed by atoms with Gasteiger partial charge in [0.2, 0.25) is 0 Å². The molecule has 6 heteroatoms. The summed E-state index contributed by atoms with van der Waals surface area (Å²) in [6, 6.07) is 7.50. The standard InChI is InChI=1S/C13H12ClF2NOS/c14-5-11-8-19-13(17-11)10-3-1-9(2-4-10)6-18-7-12(15)16/h1-4,8,12H,5-7H2. The van der Waals surface area contributed by atoms with Crippen molar-refractivity contribution in [1.82, 2.24) is 4.98 Å². The van der Waals surface area contributed by atoms with E-state index in [4.69, 9.17) is 16.3 Å². The number of aromatic nitrogens is 1. The summed E-state index contributed by atoms with van der Waals surface area (Å²) < 4.78 is 28.7. The lowest BCUT2D eigenvalue weighted by molar-refractivity contribution is 0.00988. The number of hydrogen-bond donors (Lipinski definition) is 0. The van der Waals surface area contributed by atoms with Crippen LogP contribution in [0.15, 0.2) is 29.6 Å². The molecule has 0 fully saturated rings. The molecule has 102 valence electrons. The average molecular weight is 304 g/mol. The van der Waals surface area contributed by atoms with E-state index in [0.717, 1.165) is 21.8 Å². The van der Waals surface area contributed by atoms with Gasteiger partial charge in [0.05, 0.1) is 18.2 Å². The van der Waals surface area contributed by atoms with E-state index >= 15 is 0 Å². The monoisotopic (exact) mass is 303 g/mol. The van der Waals surface area contributed by atoms with Crippen LogP contribution in [-0.2, 0) is 17.2 Å². The van der Waals surface area contributed by atoms with Gasteiger partial charge in [0, 0.05) is 10.9 Å². The molecule has 19 heavy (non-hydrogen) atoms. The SMILES string of the molecule is FC(F)COCc1ccc(-c2nc(CCl)cs2)cc1. The van der Waals surface area contributed by atoms with Crippen LogP contribution in [-0.4, -0.2) is 18.0 Å². The van der Waals surface area contributed by atoms with Crippen LogP contribution < -0.4 is 0 Å². The molecule has 1 aromatic heterocycles. The Balaban J connectivity index is 1.97. The summed E-state index contributed by atoms with van der Waals surface area (Å²) in [5.41, 5.74) is 2.70. The molecule has 1 heterocycles. The van der Waals surface area contributed by atoms with E-state index in [9.17, 15) is 8.78 Å². The molecule has 1 aromatic carbocycles. The number of hydrogen-bond acceptors (Lipinski definition) is 3. The van der Waals surface area contributed by atoms with Gasteiger partial charge < -0.3 is 4.74 Å². The van der Waals surface area contributed by atoms with E-state index in [1.54, 1.807) is 0 Å². The van der Waals surface area contributed by atoms with Gasteiger partial charge in [0.25, 0.3) is 6.43 Å². The number of thiazole rings is 1. The largest absolute Gasteiger partial charge is 0.371 e. The first-order valence-corrected chi connectivity index (χ1v) is 7.06. The summed E-state index contributed by atoms with van der Waals surface area (Å²) in [5, 5.41) is 2.82. The van der Waals surface area contributed by atoms with Crippen molar-refractivity contribution in [2.45, 2.75) is 18.9 Å². The van der Waals surface area contributed by atoms with Crippen LogP contribution in [0.2, 0.25) is 0 Å². The molecule has 0 atom stereocenters.